The summed E-state index contributed by atoms with van der Waals surface area (Å²) >= 11 is 5.88. The molecule has 0 spiro atoms. The summed E-state index contributed by atoms with van der Waals surface area (Å²) in [7, 11) is 0. The van der Waals surface area contributed by atoms with E-state index in [0.717, 1.165) is 16.5 Å². The Hall–Kier alpha value is -1.61. The van der Waals surface area contributed by atoms with Crippen LogP contribution < -0.4 is 0 Å². The van der Waals surface area contributed by atoms with Crippen LogP contribution >= 0.6 is 11.6 Å². The van der Waals surface area contributed by atoms with E-state index in [1.807, 2.05) is 18.2 Å². The zero-order valence-electron chi connectivity index (χ0n) is 9.57. The van der Waals surface area contributed by atoms with Crippen molar-refractivity contribution in [3.05, 3.63) is 40.5 Å². The zero-order chi connectivity index (χ0) is 12.6. The van der Waals surface area contributed by atoms with Crippen LogP contribution in [0, 0.1) is 0 Å². The van der Waals surface area contributed by atoms with E-state index >= 15 is 0 Å². The number of nitrogens with zero attached hydrogens (tertiary/aromatic N) is 1. The predicted molar refractivity (Wildman–Crippen MR) is 67.8 cm³/mol. The van der Waals surface area contributed by atoms with Gasteiger partial charge >= 0.3 is 5.97 Å². The molecule has 1 aromatic heterocycles. The monoisotopic (exact) mass is 249 g/mol. The molecule has 0 atom stereocenters. The number of rotatable bonds is 2. The maximum atomic E-state index is 11.0. The summed E-state index contributed by atoms with van der Waals surface area (Å²) in [5.41, 5.74) is 1.89. The first-order valence-electron chi connectivity index (χ1n) is 5.33. The van der Waals surface area contributed by atoms with E-state index in [0.29, 0.717) is 5.92 Å². The molecule has 0 bridgehead atoms. The minimum absolute atomic E-state index is 0.0399. The summed E-state index contributed by atoms with van der Waals surface area (Å²) in [5, 5.41) is 9.82. The molecule has 0 aliphatic rings. The lowest BCUT2D eigenvalue weighted by atomic mass is 9.99. The summed E-state index contributed by atoms with van der Waals surface area (Å²) in [5.74, 6) is -0.739. The van der Waals surface area contributed by atoms with E-state index in [1.54, 1.807) is 6.07 Å². The van der Waals surface area contributed by atoms with Gasteiger partial charge in [-0.2, -0.15) is 0 Å². The van der Waals surface area contributed by atoms with Crippen molar-refractivity contribution in [2.75, 3.05) is 0 Å². The average molecular weight is 250 g/mol. The summed E-state index contributed by atoms with van der Waals surface area (Å²) in [6.07, 6.45) is 0. The largest absolute Gasteiger partial charge is 0.478 e. The number of carboxylic acids is 1. The van der Waals surface area contributed by atoms with Crippen molar-refractivity contribution in [1.82, 2.24) is 4.98 Å². The van der Waals surface area contributed by atoms with Crippen molar-refractivity contribution in [3.63, 3.8) is 0 Å². The quantitative estimate of drug-likeness (QED) is 0.826. The third-order valence-electron chi connectivity index (χ3n) is 2.68. The molecule has 0 unspecified atom stereocenters. The molecule has 0 fully saturated rings. The van der Waals surface area contributed by atoms with Crippen LogP contribution in [0.5, 0.6) is 0 Å². The Morgan fingerprint density at radius 3 is 2.71 bits per heavy atom. The number of hydrogen-bond acceptors (Lipinski definition) is 2. The Balaban J connectivity index is 2.78. The number of aromatic nitrogens is 1. The number of halogens is 1. The minimum atomic E-state index is -1.06. The van der Waals surface area contributed by atoms with Crippen LogP contribution in [-0.4, -0.2) is 16.1 Å². The lowest BCUT2D eigenvalue weighted by molar-refractivity contribution is 0.0697. The Morgan fingerprint density at radius 2 is 2.12 bits per heavy atom. The van der Waals surface area contributed by atoms with Gasteiger partial charge in [0.2, 0.25) is 0 Å². The molecule has 0 saturated carbocycles. The van der Waals surface area contributed by atoms with E-state index in [2.05, 4.69) is 18.8 Å². The highest BCUT2D eigenvalue weighted by Gasteiger charge is 2.14. The van der Waals surface area contributed by atoms with Crippen molar-refractivity contribution in [3.8, 4) is 0 Å². The van der Waals surface area contributed by atoms with Gasteiger partial charge in [-0.3, -0.25) is 0 Å². The molecule has 2 rings (SSSR count). The number of fused-ring (bicyclic) bond motifs is 1. The number of benzene rings is 1. The standard InChI is InChI=1S/C13H12ClNO2/c1-7(2)9-5-3-4-8-6-10(13(16)17)12(14)15-11(8)9/h3-7H,1-2H3,(H,16,17). The first-order valence-corrected chi connectivity index (χ1v) is 5.71. The Morgan fingerprint density at radius 1 is 1.41 bits per heavy atom. The van der Waals surface area contributed by atoms with Gasteiger partial charge in [0.25, 0.3) is 0 Å². The van der Waals surface area contributed by atoms with Crippen LogP contribution in [0.2, 0.25) is 5.15 Å². The van der Waals surface area contributed by atoms with Crippen molar-refractivity contribution in [2.24, 2.45) is 0 Å². The van der Waals surface area contributed by atoms with Gasteiger partial charge in [0.15, 0.2) is 0 Å². The fraction of sp³-hybridized carbons (Fsp3) is 0.231. The van der Waals surface area contributed by atoms with E-state index in [-0.39, 0.29) is 10.7 Å². The summed E-state index contributed by atoms with van der Waals surface area (Å²) in [6, 6.07) is 7.30. The first-order chi connectivity index (χ1) is 8.00. The molecule has 0 saturated heterocycles. The van der Waals surface area contributed by atoms with Crippen LogP contribution in [0.3, 0.4) is 0 Å². The third kappa shape index (κ3) is 2.11. The van der Waals surface area contributed by atoms with Crippen LogP contribution in [0.15, 0.2) is 24.3 Å². The van der Waals surface area contributed by atoms with Crippen LogP contribution in [0.4, 0.5) is 0 Å². The van der Waals surface area contributed by atoms with Gasteiger partial charge in [-0.1, -0.05) is 43.6 Å². The van der Waals surface area contributed by atoms with Gasteiger partial charge in [0.05, 0.1) is 11.1 Å². The topological polar surface area (TPSA) is 50.2 Å². The highest BCUT2D eigenvalue weighted by Crippen LogP contribution is 2.27. The molecule has 17 heavy (non-hydrogen) atoms. The van der Waals surface area contributed by atoms with Gasteiger partial charge in [-0.25, -0.2) is 9.78 Å². The van der Waals surface area contributed by atoms with Crippen molar-refractivity contribution in [1.29, 1.82) is 0 Å². The smallest absolute Gasteiger partial charge is 0.338 e. The molecule has 0 aliphatic carbocycles. The Labute approximate surface area is 104 Å². The zero-order valence-corrected chi connectivity index (χ0v) is 10.3. The number of carbonyl (C=O) groups is 1. The lowest BCUT2D eigenvalue weighted by Gasteiger charge is -2.10. The van der Waals surface area contributed by atoms with Gasteiger partial charge < -0.3 is 5.11 Å². The molecular weight excluding hydrogens is 238 g/mol. The molecule has 0 aliphatic heterocycles. The van der Waals surface area contributed by atoms with E-state index in [1.165, 1.54) is 0 Å². The summed E-state index contributed by atoms with van der Waals surface area (Å²) < 4.78 is 0. The lowest BCUT2D eigenvalue weighted by Crippen LogP contribution is -2.01. The van der Waals surface area contributed by atoms with E-state index in [4.69, 9.17) is 16.7 Å². The third-order valence-corrected chi connectivity index (χ3v) is 2.97. The second-order valence-corrected chi connectivity index (χ2v) is 4.56. The molecular formula is C13H12ClNO2. The maximum Gasteiger partial charge on any atom is 0.338 e. The fourth-order valence-electron chi connectivity index (χ4n) is 1.81. The number of para-hydroxylation sites is 1. The molecule has 0 radical (unpaired) electrons. The van der Waals surface area contributed by atoms with Gasteiger partial charge in [-0.15, -0.1) is 0 Å². The molecule has 1 N–H and O–H groups in total. The van der Waals surface area contributed by atoms with Gasteiger partial charge in [0.1, 0.15) is 5.15 Å². The summed E-state index contributed by atoms with van der Waals surface area (Å²) in [6.45, 7) is 4.13. The highest BCUT2D eigenvalue weighted by atomic mass is 35.5. The molecule has 3 nitrogen and oxygen atoms in total. The Bertz CT molecular complexity index is 593. The predicted octanol–water partition coefficient (Wildman–Crippen LogP) is 3.71. The minimum Gasteiger partial charge on any atom is -0.478 e. The molecule has 88 valence electrons. The second-order valence-electron chi connectivity index (χ2n) is 4.21. The molecule has 2 aromatic rings. The van der Waals surface area contributed by atoms with Crippen molar-refractivity contribution < 1.29 is 9.90 Å². The van der Waals surface area contributed by atoms with Crippen molar-refractivity contribution >= 4 is 28.5 Å². The highest BCUT2D eigenvalue weighted by molar-refractivity contribution is 6.32. The molecule has 0 amide bonds. The number of carboxylic acid groups (broad SMARTS) is 1. The van der Waals surface area contributed by atoms with Crippen LogP contribution in [0.1, 0.15) is 35.7 Å². The van der Waals surface area contributed by atoms with Gasteiger partial charge in [0, 0.05) is 5.39 Å². The maximum absolute atomic E-state index is 11.0. The van der Waals surface area contributed by atoms with E-state index in [9.17, 15) is 4.79 Å². The average Bonchev–Trinajstić information content (AvgIpc) is 2.26. The number of aromatic carboxylic acids is 1. The van der Waals surface area contributed by atoms with Crippen molar-refractivity contribution in [2.45, 2.75) is 19.8 Å². The fourth-order valence-corrected chi connectivity index (χ4v) is 2.03. The van der Waals surface area contributed by atoms with E-state index < -0.39 is 5.97 Å². The Kier molecular flexibility index (Phi) is 3.03. The van der Waals surface area contributed by atoms with Crippen LogP contribution in [0.25, 0.3) is 10.9 Å². The van der Waals surface area contributed by atoms with Crippen LogP contribution in [-0.2, 0) is 0 Å². The van der Waals surface area contributed by atoms with Gasteiger partial charge in [-0.05, 0) is 17.5 Å². The molecule has 4 heteroatoms. The summed E-state index contributed by atoms with van der Waals surface area (Å²) in [4.78, 5) is 15.2. The molecule has 1 aromatic carbocycles. The second kappa shape index (κ2) is 4.34. The number of pyridine rings is 1. The SMILES string of the molecule is CC(C)c1cccc2cc(C(=O)O)c(Cl)nc12. The number of hydrogen-bond donors (Lipinski definition) is 1. The molecule has 1 heterocycles. The normalized spacial score (nSPS) is 11.1. The first kappa shape index (κ1) is 11.9.